The van der Waals surface area contributed by atoms with Crippen molar-refractivity contribution in [1.82, 2.24) is 10.2 Å². The van der Waals surface area contributed by atoms with E-state index in [0.29, 0.717) is 29.7 Å². The van der Waals surface area contributed by atoms with Gasteiger partial charge in [0.1, 0.15) is 29.7 Å². The molecular formula is C19H19N3O3S. The summed E-state index contributed by atoms with van der Waals surface area (Å²) < 4.78 is 11.3. The number of aryl methyl sites for hydroxylation is 1. The van der Waals surface area contributed by atoms with E-state index in [-0.39, 0.29) is 5.91 Å². The van der Waals surface area contributed by atoms with E-state index in [1.54, 1.807) is 18.2 Å². The van der Waals surface area contributed by atoms with Gasteiger partial charge in [0.05, 0.1) is 5.56 Å². The van der Waals surface area contributed by atoms with E-state index in [1.807, 2.05) is 43.3 Å². The summed E-state index contributed by atoms with van der Waals surface area (Å²) in [5.74, 6) is 1.01. The third kappa shape index (κ3) is 4.80. The number of hydrogen-bond acceptors (Lipinski definition) is 6. The van der Waals surface area contributed by atoms with Crippen molar-refractivity contribution in [2.24, 2.45) is 0 Å². The van der Waals surface area contributed by atoms with Gasteiger partial charge in [-0.05, 0) is 30.7 Å². The van der Waals surface area contributed by atoms with Crippen molar-refractivity contribution < 1.29 is 14.3 Å². The highest BCUT2D eigenvalue weighted by molar-refractivity contribution is 7.15. The van der Waals surface area contributed by atoms with E-state index < -0.39 is 0 Å². The van der Waals surface area contributed by atoms with Crippen molar-refractivity contribution in [1.29, 1.82) is 0 Å². The van der Waals surface area contributed by atoms with Gasteiger partial charge >= 0.3 is 0 Å². The maximum Gasteiger partial charge on any atom is 0.261 e. The maximum atomic E-state index is 12.5. The van der Waals surface area contributed by atoms with Crippen LogP contribution in [0.25, 0.3) is 0 Å². The van der Waals surface area contributed by atoms with E-state index in [9.17, 15) is 4.79 Å². The lowest BCUT2D eigenvalue weighted by Crippen LogP contribution is -2.15. The second-order valence-corrected chi connectivity index (χ2v) is 6.38. The van der Waals surface area contributed by atoms with Crippen molar-refractivity contribution in [3.63, 3.8) is 0 Å². The highest BCUT2D eigenvalue weighted by Gasteiger charge is 2.14. The second kappa shape index (κ2) is 8.96. The molecule has 0 saturated heterocycles. The first-order valence-corrected chi connectivity index (χ1v) is 9.11. The fourth-order valence-electron chi connectivity index (χ4n) is 2.22. The van der Waals surface area contributed by atoms with Gasteiger partial charge < -0.3 is 9.47 Å². The van der Waals surface area contributed by atoms with Gasteiger partial charge in [0.25, 0.3) is 5.91 Å². The van der Waals surface area contributed by atoms with Gasteiger partial charge in [-0.2, -0.15) is 0 Å². The number of aromatic nitrogens is 2. The number of anilines is 1. The molecule has 2 aromatic carbocycles. The Morgan fingerprint density at radius 2 is 1.73 bits per heavy atom. The number of carbonyl (C=O) groups is 1. The van der Waals surface area contributed by atoms with Crippen LogP contribution in [-0.2, 0) is 6.42 Å². The molecule has 7 heteroatoms. The molecule has 0 spiro atoms. The van der Waals surface area contributed by atoms with Crippen LogP contribution in [0.3, 0.4) is 0 Å². The average molecular weight is 369 g/mol. The molecular weight excluding hydrogens is 350 g/mol. The first-order chi connectivity index (χ1) is 12.8. The zero-order chi connectivity index (χ0) is 18.2. The SMILES string of the molecule is CCc1nnc(NC(=O)c2ccccc2OCCOc2ccccc2)s1. The molecule has 3 rings (SSSR count). The molecule has 6 nitrogen and oxygen atoms in total. The summed E-state index contributed by atoms with van der Waals surface area (Å²) in [4.78, 5) is 12.5. The predicted molar refractivity (Wildman–Crippen MR) is 101 cm³/mol. The summed E-state index contributed by atoms with van der Waals surface area (Å²) in [7, 11) is 0. The lowest BCUT2D eigenvalue weighted by Gasteiger charge is -2.11. The molecule has 0 aliphatic rings. The van der Waals surface area contributed by atoms with Crippen LogP contribution < -0.4 is 14.8 Å². The fourth-order valence-corrected chi connectivity index (χ4v) is 2.89. The molecule has 0 fully saturated rings. The molecule has 1 amide bonds. The summed E-state index contributed by atoms with van der Waals surface area (Å²) in [6.07, 6.45) is 0.786. The molecule has 26 heavy (non-hydrogen) atoms. The molecule has 0 radical (unpaired) electrons. The van der Waals surface area contributed by atoms with Crippen LogP contribution in [0.5, 0.6) is 11.5 Å². The Bertz CT molecular complexity index is 852. The molecule has 1 N–H and O–H groups in total. The Morgan fingerprint density at radius 1 is 1.00 bits per heavy atom. The third-order valence-corrected chi connectivity index (χ3v) is 4.46. The van der Waals surface area contributed by atoms with Gasteiger partial charge in [0.15, 0.2) is 0 Å². The smallest absolute Gasteiger partial charge is 0.261 e. The molecule has 0 aliphatic carbocycles. The van der Waals surface area contributed by atoms with Crippen molar-refractivity contribution in [3.05, 3.63) is 65.2 Å². The molecule has 134 valence electrons. The summed E-state index contributed by atoms with van der Waals surface area (Å²) in [5.41, 5.74) is 0.445. The minimum Gasteiger partial charge on any atom is -0.490 e. The number of hydrogen-bond donors (Lipinski definition) is 1. The largest absolute Gasteiger partial charge is 0.490 e. The Hall–Kier alpha value is -2.93. The maximum absolute atomic E-state index is 12.5. The Kier molecular flexibility index (Phi) is 6.16. The first kappa shape index (κ1) is 17.9. The van der Waals surface area contributed by atoms with Gasteiger partial charge in [-0.15, -0.1) is 10.2 Å². The van der Waals surface area contributed by atoms with Crippen LogP contribution in [0.4, 0.5) is 5.13 Å². The highest BCUT2D eigenvalue weighted by atomic mass is 32.1. The molecule has 0 bridgehead atoms. The molecule has 0 aliphatic heterocycles. The lowest BCUT2D eigenvalue weighted by molar-refractivity contribution is 0.102. The standard InChI is InChI=1S/C19H19N3O3S/c1-2-17-21-22-19(26-17)20-18(23)15-10-6-7-11-16(15)25-13-12-24-14-8-4-3-5-9-14/h3-11H,2,12-13H2,1H3,(H,20,22,23). The van der Waals surface area contributed by atoms with Crippen LogP contribution in [0.2, 0.25) is 0 Å². The van der Waals surface area contributed by atoms with Gasteiger partial charge in [-0.25, -0.2) is 0 Å². The van der Waals surface area contributed by atoms with E-state index in [1.165, 1.54) is 11.3 Å². The summed E-state index contributed by atoms with van der Waals surface area (Å²) >= 11 is 1.37. The lowest BCUT2D eigenvalue weighted by atomic mass is 10.2. The van der Waals surface area contributed by atoms with Crippen LogP contribution in [0.15, 0.2) is 54.6 Å². The summed E-state index contributed by atoms with van der Waals surface area (Å²) in [6.45, 7) is 2.71. The van der Waals surface area contributed by atoms with Gasteiger partial charge in [0, 0.05) is 0 Å². The number of rotatable bonds is 8. The van der Waals surface area contributed by atoms with E-state index >= 15 is 0 Å². The number of nitrogens with zero attached hydrogens (tertiary/aromatic N) is 2. The molecule has 0 atom stereocenters. The Labute approximate surface area is 155 Å². The van der Waals surface area contributed by atoms with Gasteiger partial charge in [0.2, 0.25) is 5.13 Å². The van der Waals surface area contributed by atoms with E-state index in [0.717, 1.165) is 17.2 Å². The van der Waals surface area contributed by atoms with Crippen molar-refractivity contribution >= 4 is 22.4 Å². The minimum atomic E-state index is -0.275. The number of carbonyl (C=O) groups excluding carboxylic acids is 1. The number of nitrogens with one attached hydrogen (secondary N) is 1. The van der Waals surface area contributed by atoms with Crippen molar-refractivity contribution in [3.8, 4) is 11.5 Å². The Balaban J connectivity index is 1.57. The number of para-hydroxylation sites is 2. The molecule has 1 heterocycles. The first-order valence-electron chi connectivity index (χ1n) is 8.29. The topological polar surface area (TPSA) is 73.3 Å². The van der Waals surface area contributed by atoms with Crippen molar-refractivity contribution in [2.75, 3.05) is 18.5 Å². The molecule has 1 aromatic heterocycles. The zero-order valence-electron chi connectivity index (χ0n) is 14.3. The number of ether oxygens (including phenoxy) is 2. The average Bonchev–Trinajstić information content (AvgIpc) is 3.14. The monoisotopic (exact) mass is 369 g/mol. The van der Waals surface area contributed by atoms with Crippen LogP contribution in [0.1, 0.15) is 22.3 Å². The zero-order valence-corrected chi connectivity index (χ0v) is 15.2. The van der Waals surface area contributed by atoms with E-state index in [4.69, 9.17) is 9.47 Å². The van der Waals surface area contributed by atoms with Crippen LogP contribution in [-0.4, -0.2) is 29.3 Å². The number of amides is 1. The predicted octanol–water partition coefficient (Wildman–Crippen LogP) is 3.81. The fraction of sp³-hybridized carbons (Fsp3) is 0.211. The van der Waals surface area contributed by atoms with Crippen molar-refractivity contribution in [2.45, 2.75) is 13.3 Å². The third-order valence-electron chi connectivity index (χ3n) is 3.47. The second-order valence-electron chi connectivity index (χ2n) is 5.31. The van der Waals surface area contributed by atoms with Crippen LogP contribution >= 0.6 is 11.3 Å². The molecule has 0 unspecified atom stereocenters. The molecule has 0 saturated carbocycles. The molecule has 3 aromatic rings. The van der Waals surface area contributed by atoms with Gasteiger partial charge in [-0.1, -0.05) is 48.6 Å². The quantitative estimate of drug-likeness (QED) is 0.611. The Morgan fingerprint density at radius 3 is 2.50 bits per heavy atom. The number of benzene rings is 2. The summed E-state index contributed by atoms with van der Waals surface area (Å²) in [6, 6.07) is 16.6. The minimum absolute atomic E-state index is 0.275. The van der Waals surface area contributed by atoms with Gasteiger partial charge in [-0.3, -0.25) is 10.1 Å². The van der Waals surface area contributed by atoms with E-state index in [2.05, 4.69) is 15.5 Å². The summed E-state index contributed by atoms with van der Waals surface area (Å²) in [5, 5.41) is 12.1. The highest BCUT2D eigenvalue weighted by Crippen LogP contribution is 2.21. The van der Waals surface area contributed by atoms with Crippen LogP contribution in [0, 0.1) is 0 Å². The normalized spacial score (nSPS) is 10.3.